The first kappa shape index (κ1) is 27.6. The highest BCUT2D eigenvalue weighted by atomic mass is 28.4. The molecule has 2 rings (SSSR count). The molecule has 1 saturated carbocycles. The lowest BCUT2D eigenvalue weighted by atomic mass is 9.68. The number of methoxy groups -OCH3 is 1. The Labute approximate surface area is 196 Å². The van der Waals surface area contributed by atoms with E-state index in [0.29, 0.717) is 6.61 Å². The predicted molar refractivity (Wildman–Crippen MR) is 128 cm³/mol. The van der Waals surface area contributed by atoms with Crippen LogP contribution in [0.4, 0.5) is 4.79 Å². The third kappa shape index (κ3) is 6.26. The van der Waals surface area contributed by atoms with Crippen molar-refractivity contribution >= 4 is 14.4 Å². The quantitative estimate of drug-likeness (QED) is 0.442. The van der Waals surface area contributed by atoms with Crippen LogP contribution in [0.2, 0.25) is 18.1 Å². The standard InChI is InChI=1S/C24H47NO6Si/c1-16-21(29-15-28-8)20(26)19-17(14-30-32(9,10)24(5,6)7)12-11-13-18(19)25(16)22(27)31-23(2,3)4/h16-21,26H,11-15H2,1-10H3/t16-,17+,18+,19-,20+,21-/m0/s1. The Morgan fingerprint density at radius 1 is 1.12 bits per heavy atom. The molecule has 0 bridgehead atoms. The van der Waals surface area contributed by atoms with Crippen molar-refractivity contribution in [2.45, 2.75) is 116 Å². The number of hydrogen-bond donors (Lipinski definition) is 1. The molecule has 0 spiro atoms. The van der Waals surface area contributed by atoms with Crippen LogP contribution >= 0.6 is 0 Å². The second-order valence-electron chi connectivity index (χ2n) is 12.1. The van der Waals surface area contributed by atoms with Crippen LogP contribution in [0.1, 0.15) is 67.7 Å². The van der Waals surface area contributed by atoms with Crippen LogP contribution in [0.5, 0.6) is 0 Å². The van der Waals surface area contributed by atoms with Gasteiger partial charge in [0.15, 0.2) is 8.32 Å². The van der Waals surface area contributed by atoms with Crippen LogP contribution in [0.15, 0.2) is 0 Å². The summed E-state index contributed by atoms with van der Waals surface area (Å²) in [5.41, 5.74) is -0.593. The number of hydrogen-bond acceptors (Lipinski definition) is 6. The van der Waals surface area contributed by atoms with Gasteiger partial charge >= 0.3 is 6.09 Å². The Hall–Kier alpha value is -0.673. The molecule has 8 heteroatoms. The van der Waals surface area contributed by atoms with E-state index in [1.54, 1.807) is 7.11 Å². The van der Waals surface area contributed by atoms with Gasteiger partial charge in [-0.3, -0.25) is 4.90 Å². The fourth-order valence-corrected chi connectivity index (χ4v) is 5.87. The summed E-state index contributed by atoms with van der Waals surface area (Å²) in [5.74, 6) is 0.0306. The average molecular weight is 474 g/mol. The Kier molecular flexibility index (Phi) is 8.87. The first-order chi connectivity index (χ1) is 14.6. The predicted octanol–water partition coefficient (Wildman–Crippen LogP) is 4.78. The number of aliphatic hydroxyl groups is 1. The summed E-state index contributed by atoms with van der Waals surface area (Å²) in [6.07, 6.45) is 1.23. The fourth-order valence-electron chi connectivity index (χ4n) is 4.81. The Bertz CT molecular complexity index is 629. The molecule has 2 fully saturated rings. The molecule has 1 heterocycles. The van der Waals surface area contributed by atoms with Gasteiger partial charge in [-0.05, 0) is 64.6 Å². The summed E-state index contributed by atoms with van der Waals surface area (Å²) in [5, 5.41) is 11.6. The molecule has 188 valence electrons. The SMILES string of the molecule is COCO[C@@H]1[C@H](O)[C@H]2[C@@H](CO[Si](C)(C)C(C)(C)C)CCC[C@H]2N(C(=O)OC(C)(C)C)[C@H]1C. The largest absolute Gasteiger partial charge is 0.444 e. The highest BCUT2D eigenvalue weighted by molar-refractivity contribution is 6.74. The first-order valence-electron chi connectivity index (χ1n) is 12.0. The molecular formula is C24H47NO6Si. The van der Waals surface area contributed by atoms with Crippen molar-refractivity contribution in [3.05, 3.63) is 0 Å². The number of likely N-dealkylation sites (tertiary alicyclic amines) is 1. The molecule has 1 saturated heterocycles. The van der Waals surface area contributed by atoms with Crippen LogP contribution < -0.4 is 0 Å². The monoisotopic (exact) mass is 473 g/mol. The molecule has 1 aliphatic heterocycles. The number of carbonyl (C=O) groups excluding carboxylic acids is 1. The van der Waals surface area contributed by atoms with E-state index in [9.17, 15) is 9.90 Å². The van der Waals surface area contributed by atoms with Crippen molar-refractivity contribution in [2.24, 2.45) is 11.8 Å². The van der Waals surface area contributed by atoms with Gasteiger partial charge in [-0.2, -0.15) is 0 Å². The van der Waals surface area contributed by atoms with Crippen LogP contribution in [0, 0.1) is 11.8 Å². The van der Waals surface area contributed by atoms with Crippen LogP contribution in [-0.2, 0) is 18.6 Å². The van der Waals surface area contributed by atoms with Crippen LogP contribution in [0.3, 0.4) is 0 Å². The number of carbonyl (C=O) groups is 1. The summed E-state index contributed by atoms with van der Waals surface area (Å²) >= 11 is 0. The maximum Gasteiger partial charge on any atom is 0.410 e. The Morgan fingerprint density at radius 2 is 1.75 bits per heavy atom. The lowest BCUT2D eigenvalue weighted by molar-refractivity contribution is -0.197. The maximum atomic E-state index is 13.3. The van der Waals surface area contributed by atoms with E-state index < -0.39 is 26.1 Å². The van der Waals surface area contributed by atoms with Gasteiger partial charge in [-0.25, -0.2) is 4.79 Å². The van der Waals surface area contributed by atoms with Crippen molar-refractivity contribution < 1.29 is 28.5 Å². The molecule has 2 aliphatic rings. The smallest absolute Gasteiger partial charge is 0.410 e. The summed E-state index contributed by atoms with van der Waals surface area (Å²) in [7, 11) is -0.367. The zero-order valence-corrected chi connectivity index (χ0v) is 22.9. The highest BCUT2D eigenvalue weighted by Crippen LogP contribution is 2.44. The fraction of sp³-hybridized carbons (Fsp3) is 0.958. The number of piperidine rings is 1. The molecule has 0 radical (unpaired) electrons. The zero-order valence-electron chi connectivity index (χ0n) is 21.9. The van der Waals surface area contributed by atoms with Crippen molar-refractivity contribution in [2.75, 3.05) is 20.5 Å². The summed E-state index contributed by atoms with van der Waals surface area (Å²) in [4.78, 5) is 15.1. The van der Waals surface area contributed by atoms with E-state index in [1.807, 2.05) is 32.6 Å². The molecule has 1 amide bonds. The highest BCUT2D eigenvalue weighted by Gasteiger charge is 2.54. The minimum Gasteiger partial charge on any atom is -0.444 e. The minimum atomic E-state index is -1.93. The normalized spacial score (nSPS) is 31.9. The molecule has 6 atom stereocenters. The van der Waals surface area contributed by atoms with E-state index >= 15 is 0 Å². The lowest BCUT2D eigenvalue weighted by Crippen LogP contribution is -2.68. The average Bonchev–Trinajstić information content (AvgIpc) is 2.63. The number of rotatable bonds is 6. The molecule has 0 aromatic heterocycles. The molecular weight excluding hydrogens is 426 g/mol. The minimum absolute atomic E-state index is 0.0662. The number of aliphatic hydroxyl groups excluding tert-OH is 1. The van der Waals surface area contributed by atoms with Gasteiger partial charge < -0.3 is 23.7 Å². The Balaban J connectivity index is 2.32. The van der Waals surface area contributed by atoms with E-state index in [2.05, 4.69) is 33.9 Å². The van der Waals surface area contributed by atoms with E-state index in [-0.39, 0.29) is 41.8 Å². The molecule has 0 aromatic rings. The van der Waals surface area contributed by atoms with Gasteiger partial charge in [0.2, 0.25) is 0 Å². The number of amides is 1. The lowest BCUT2D eigenvalue weighted by Gasteiger charge is -2.55. The van der Waals surface area contributed by atoms with Gasteiger partial charge in [0.05, 0.1) is 12.1 Å². The van der Waals surface area contributed by atoms with Gasteiger partial charge in [-0.1, -0.05) is 27.2 Å². The summed E-state index contributed by atoms with van der Waals surface area (Å²) < 4.78 is 23.4. The number of nitrogens with zero attached hydrogens (tertiary/aromatic N) is 1. The maximum absolute atomic E-state index is 13.3. The molecule has 0 unspecified atom stereocenters. The van der Waals surface area contributed by atoms with Crippen molar-refractivity contribution in [3.8, 4) is 0 Å². The van der Waals surface area contributed by atoms with Gasteiger partial charge in [0, 0.05) is 25.7 Å². The first-order valence-corrected chi connectivity index (χ1v) is 15.0. The van der Waals surface area contributed by atoms with Crippen LogP contribution in [0.25, 0.3) is 0 Å². The number of fused-ring (bicyclic) bond motifs is 1. The van der Waals surface area contributed by atoms with Gasteiger partial charge in [-0.15, -0.1) is 0 Å². The van der Waals surface area contributed by atoms with Crippen molar-refractivity contribution in [1.82, 2.24) is 4.90 Å². The third-order valence-electron chi connectivity index (χ3n) is 7.51. The molecule has 0 aromatic carbocycles. The van der Waals surface area contributed by atoms with Gasteiger partial charge in [0.25, 0.3) is 0 Å². The topological polar surface area (TPSA) is 77.5 Å². The van der Waals surface area contributed by atoms with Crippen molar-refractivity contribution in [3.63, 3.8) is 0 Å². The zero-order chi connectivity index (χ0) is 24.5. The van der Waals surface area contributed by atoms with Crippen LogP contribution in [-0.4, -0.2) is 74.8 Å². The van der Waals surface area contributed by atoms with E-state index in [4.69, 9.17) is 18.6 Å². The molecule has 7 nitrogen and oxygen atoms in total. The molecule has 32 heavy (non-hydrogen) atoms. The second-order valence-corrected chi connectivity index (χ2v) is 16.9. The second kappa shape index (κ2) is 10.3. The summed E-state index contributed by atoms with van der Waals surface area (Å²) in [6, 6.07) is -0.421. The molecule has 1 aliphatic carbocycles. The number of ether oxygens (including phenoxy) is 3. The Morgan fingerprint density at radius 3 is 2.28 bits per heavy atom. The third-order valence-corrected chi connectivity index (χ3v) is 12.0. The molecule has 1 N–H and O–H groups in total. The van der Waals surface area contributed by atoms with Crippen molar-refractivity contribution in [1.29, 1.82) is 0 Å². The van der Waals surface area contributed by atoms with E-state index in [1.165, 1.54) is 0 Å². The van der Waals surface area contributed by atoms with Gasteiger partial charge in [0.1, 0.15) is 18.5 Å². The van der Waals surface area contributed by atoms with E-state index in [0.717, 1.165) is 19.3 Å². The summed E-state index contributed by atoms with van der Waals surface area (Å²) in [6.45, 7) is 19.4.